The molecule has 8 nitrogen and oxygen atoms in total. The number of anilines is 1. The number of ether oxygens (including phenoxy) is 1. The van der Waals surface area contributed by atoms with Crippen LogP contribution in [0.15, 0.2) is 70.5 Å². The Bertz CT molecular complexity index is 1170. The van der Waals surface area contributed by atoms with E-state index in [0.717, 1.165) is 40.9 Å². The molecule has 0 aliphatic carbocycles. The smallest absolute Gasteiger partial charge is 0.284 e. The number of thioether (sulfide) groups is 1. The summed E-state index contributed by atoms with van der Waals surface area (Å²) in [6.07, 6.45) is 1.24. The van der Waals surface area contributed by atoms with Crippen LogP contribution in [-0.2, 0) is 19.6 Å². The van der Waals surface area contributed by atoms with Gasteiger partial charge in [-0.1, -0.05) is 23.9 Å². The third kappa shape index (κ3) is 5.54. The number of methoxy groups -OCH3 is 1. The highest BCUT2D eigenvalue weighted by molar-refractivity contribution is 8.16. The van der Waals surface area contributed by atoms with Gasteiger partial charge in [0, 0.05) is 24.7 Å². The van der Waals surface area contributed by atoms with E-state index in [-0.39, 0.29) is 23.0 Å². The Hall–Kier alpha value is -3.18. The number of carbonyl (C=O) groups excluding carboxylic acids is 2. The van der Waals surface area contributed by atoms with E-state index in [9.17, 15) is 22.4 Å². The molecule has 0 bridgehead atoms. The van der Waals surface area contributed by atoms with Crippen molar-refractivity contribution in [3.05, 3.63) is 67.0 Å². The average Bonchev–Trinajstić information content (AvgIpc) is 3.02. The number of halogens is 1. The van der Waals surface area contributed by atoms with Crippen LogP contribution in [0.1, 0.15) is 6.42 Å². The molecule has 1 heterocycles. The van der Waals surface area contributed by atoms with Crippen LogP contribution in [0, 0.1) is 5.82 Å². The highest BCUT2D eigenvalue weighted by atomic mass is 32.2. The summed E-state index contributed by atoms with van der Waals surface area (Å²) in [5, 5.41) is 1.76. The molecule has 1 fully saturated rings. The maximum Gasteiger partial charge on any atom is 0.284 e. The van der Waals surface area contributed by atoms with Crippen molar-refractivity contribution in [1.82, 2.24) is 4.90 Å². The first kappa shape index (κ1) is 23.5. The van der Waals surface area contributed by atoms with Crippen molar-refractivity contribution < 1.29 is 27.1 Å². The van der Waals surface area contributed by atoms with Gasteiger partial charge in [0.2, 0.25) is 11.8 Å². The quantitative estimate of drug-likeness (QED) is 0.586. The number of amides is 2. The van der Waals surface area contributed by atoms with E-state index in [4.69, 9.17) is 4.74 Å². The number of hydrogen-bond acceptors (Lipinski definition) is 6. The topological polar surface area (TPSA) is 105 Å². The first-order valence-electron chi connectivity index (χ1n) is 9.37. The number of hydrogen-bond donors (Lipinski definition) is 1. The van der Waals surface area contributed by atoms with E-state index in [2.05, 4.69) is 16.3 Å². The minimum absolute atomic E-state index is 0.0254. The van der Waals surface area contributed by atoms with Crippen LogP contribution in [0.2, 0.25) is 0 Å². The minimum atomic E-state index is -4.19. The van der Waals surface area contributed by atoms with E-state index in [1.54, 1.807) is 24.3 Å². The van der Waals surface area contributed by atoms with Gasteiger partial charge in [0.15, 0.2) is 5.17 Å². The van der Waals surface area contributed by atoms with Crippen molar-refractivity contribution in [2.45, 2.75) is 16.6 Å². The Labute approximate surface area is 189 Å². The lowest BCUT2D eigenvalue weighted by molar-refractivity contribution is -0.127. The fourth-order valence-corrected chi connectivity index (χ4v) is 5.21. The second-order valence-corrected chi connectivity index (χ2v) is 9.41. The number of nitrogens with one attached hydrogen (secondary N) is 1. The molecule has 1 atom stereocenters. The van der Waals surface area contributed by atoms with Crippen LogP contribution in [-0.4, -0.2) is 49.2 Å². The Kier molecular flexibility index (Phi) is 7.31. The van der Waals surface area contributed by atoms with E-state index < -0.39 is 32.9 Å². The summed E-state index contributed by atoms with van der Waals surface area (Å²) in [7, 11) is -2.68. The second kappa shape index (κ2) is 9.96. The highest BCUT2D eigenvalue weighted by Gasteiger charge is 2.39. The monoisotopic (exact) mass is 477 g/mol. The summed E-state index contributed by atoms with van der Waals surface area (Å²) in [4.78, 5) is 26.2. The Balaban J connectivity index is 1.78. The molecule has 1 aliphatic heterocycles. The molecule has 2 amide bonds. The number of nitrogens with zero attached hydrogens (tertiary/aromatic N) is 2. The largest absolute Gasteiger partial charge is 0.497 e. The van der Waals surface area contributed by atoms with Crippen LogP contribution >= 0.6 is 11.8 Å². The lowest BCUT2D eigenvalue weighted by atomic mass is 10.2. The van der Waals surface area contributed by atoms with Gasteiger partial charge in [-0.25, -0.2) is 4.39 Å². The maximum absolute atomic E-state index is 13.1. The zero-order chi connectivity index (χ0) is 23.3. The molecule has 2 aromatic rings. The molecule has 1 saturated heterocycles. The average molecular weight is 478 g/mol. The van der Waals surface area contributed by atoms with E-state index in [0.29, 0.717) is 11.4 Å². The number of carbonyl (C=O) groups is 2. The zero-order valence-corrected chi connectivity index (χ0v) is 18.7. The molecule has 0 unspecified atom stereocenters. The van der Waals surface area contributed by atoms with Gasteiger partial charge < -0.3 is 10.1 Å². The van der Waals surface area contributed by atoms with E-state index in [1.807, 2.05) is 0 Å². The van der Waals surface area contributed by atoms with E-state index >= 15 is 0 Å². The molecule has 0 saturated carbocycles. The van der Waals surface area contributed by atoms with Crippen molar-refractivity contribution in [2.75, 3.05) is 19.0 Å². The first-order chi connectivity index (χ1) is 15.2. The third-order valence-electron chi connectivity index (χ3n) is 4.37. The summed E-state index contributed by atoms with van der Waals surface area (Å²) in [5.74, 6) is -0.904. The van der Waals surface area contributed by atoms with Gasteiger partial charge >= 0.3 is 0 Å². The Morgan fingerprint density at radius 1 is 1.31 bits per heavy atom. The predicted molar refractivity (Wildman–Crippen MR) is 121 cm³/mol. The molecule has 1 aliphatic rings. The summed E-state index contributed by atoms with van der Waals surface area (Å²) in [5.41, 5.74) is 0.500. The van der Waals surface area contributed by atoms with E-state index in [1.165, 1.54) is 13.2 Å². The first-order valence-corrected chi connectivity index (χ1v) is 11.7. The van der Waals surface area contributed by atoms with Gasteiger partial charge in [-0.15, -0.1) is 11.0 Å². The highest BCUT2D eigenvalue weighted by Crippen LogP contribution is 2.31. The standard InChI is InChI=1S/C21H20FN3O5S2/c1-3-11-25-20(27)18(13-19(26)23-15-5-4-6-16(12-15)30-2)31-21(25)24-32(28,29)17-9-7-14(22)8-10-17/h3-10,12,18H,1,11,13H2,2H3,(H,23,26)/t18-/m0/s1. The maximum atomic E-state index is 13.1. The number of benzene rings is 2. The van der Waals surface area contributed by atoms with Gasteiger partial charge in [0.1, 0.15) is 16.8 Å². The molecule has 0 radical (unpaired) electrons. The fourth-order valence-electron chi connectivity index (χ4n) is 2.85. The fraction of sp³-hybridized carbons (Fsp3) is 0.190. The van der Waals surface area contributed by atoms with Crippen LogP contribution in [0.4, 0.5) is 10.1 Å². The minimum Gasteiger partial charge on any atom is -0.497 e. The van der Waals surface area contributed by atoms with Gasteiger partial charge in [-0.2, -0.15) is 8.42 Å². The van der Waals surface area contributed by atoms with Crippen LogP contribution in [0.5, 0.6) is 5.75 Å². The van der Waals surface area contributed by atoms with Crippen molar-refractivity contribution in [3.8, 4) is 5.75 Å². The summed E-state index contributed by atoms with van der Waals surface area (Å²) >= 11 is 0.878. The number of rotatable bonds is 8. The number of sulfonamides is 1. The van der Waals surface area contributed by atoms with Gasteiger partial charge in [-0.3, -0.25) is 14.5 Å². The zero-order valence-electron chi connectivity index (χ0n) is 17.0. The SMILES string of the molecule is C=CCN1C(=O)[C@H](CC(=O)Nc2cccc(OC)c2)SC1=NS(=O)(=O)c1ccc(F)cc1. The molecule has 0 aromatic heterocycles. The van der Waals surface area contributed by atoms with Crippen LogP contribution < -0.4 is 10.1 Å². The molecule has 0 spiro atoms. The van der Waals surface area contributed by atoms with Crippen molar-refractivity contribution in [3.63, 3.8) is 0 Å². The van der Waals surface area contributed by atoms with Gasteiger partial charge in [-0.05, 0) is 36.4 Å². The van der Waals surface area contributed by atoms with Gasteiger partial charge in [0.25, 0.3) is 10.0 Å². The lowest BCUT2D eigenvalue weighted by Crippen LogP contribution is -2.33. The molecular weight excluding hydrogens is 457 g/mol. The van der Waals surface area contributed by atoms with Crippen LogP contribution in [0.25, 0.3) is 0 Å². The molecule has 1 N–H and O–H groups in total. The molecular formula is C21H20FN3O5S2. The molecule has 2 aromatic carbocycles. The van der Waals surface area contributed by atoms with Crippen LogP contribution in [0.3, 0.4) is 0 Å². The Morgan fingerprint density at radius 3 is 2.69 bits per heavy atom. The summed E-state index contributed by atoms with van der Waals surface area (Å²) in [6, 6.07) is 10.9. The summed E-state index contributed by atoms with van der Waals surface area (Å²) < 4.78 is 47.2. The lowest BCUT2D eigenvalue weighted by Gasteiger charge is -2.13. The molecule has 32 heavy (non-hydrogen) atoms. The second-order valence-electron chi connectivity index (χ2n) is 6.63. The molecule has 168 valence electrons. The van der Waals surface area contributed by atoms with Gasteiger partial charge in [0.05, 0.1) is 12.0 Å². The number of amidine groups is 1. The van der Waals surface area contributed by atoms with Crippen molar-refractivity contribution in [2.24, 2.45) is 4.40 Å². The van der Waals surface area contributed by atoms with Crippen molar-refractivity contribution in [1.29, 1.82) is 0 Å². The Morgan fingerprint density at radius 2 is 2.03 bits per heavy atom. The van der Waals surface area contributed by atoms with Crippen molar-refractivity contribution >= 4 is 44.5 Å². The normalized spacial score (nSPS) is 17.4. The summed E-state index contributed by atoms with van der Waals surface area (Å²) in [6.45, 7) is 3.60. The third-order valence-corrected chi connectivity index (χ3v) is 6.94. The predicted octanol–water partition coefficient (Wildman–Crippen LogP) is 3.04. The molecule has 11 heteroatoms. The molecule has 3 rings (SSSR count).